The lowest BCUT2D eigenvalue weighted by atomic mass is 10.1. The summed E-state index contributed by atoms with van der Waals surface area (Å²) in [7, 11) is 0. The number of halogens is 3. The van der Waals surface area contributed by atoms with E-state index in [0.29, 0.717) is 5.56 Å². The van der Waals surface area contributed by atoms with Crippen LogP contribution in [0.2, 0.25) is 0 Å². The summed E-state index contributed by atoms with van der Waals surface area (Å²) in [6, 6.07) is 10.2. The third kappa shape index (κ3) is 5.49. The van der Waals surface area contributed by atoms with Crippen LogP contribution in [0.1, 0.15) is 21.5 Å². The zero-order chi connectivity index (χ0) is 18.4. The topological polar surface area (TPSA) is 66.4 Å². The summed E-state index contributed by atoms with van der Waals surface area (Å²) in [5, 5.41) is 10.4. The van der Waals surface area contributed by atoms with Gasteiger partial charge >= 0.3 is 6.18 Å². The van der Waals surface area contributed by atoms with E-state index >= 15 is 0 Å². The third-order valence-electron chi connectivity index (χ3n) is 3.14. The Morgan fingerprint density at radius 1 is 1.08 bits per heavy atom. The van der Waals surface area contributed by atoms with Crippen LogP contribution < -0.4 is 9.84 Å². The van der Waals surface area contributed by atoms with Crippen LogP contribution >= 0.6 is 0 Å². The number of hydrogen-bond acceptors (Lipinski definition) is 4. The van der Waals surface area contributed by atoms with Crippen molar-refractivity contribution in [3.05, 3.63) is 71.3 Å². The molecular weight excluding hydrogens is 337 g/mol. The number of ketones is 1. The fraction of sp³-hybridized carbons (Fsp3) is 0.111. The standard InChI is InChI=1S/C18H13F3O4/c19-18(20,21)14-7-4-12(5-8-14)6-9-16(22)13-2-1-3-15(10-13)25-11-17(23)24/h1-10H,11H2,(H,23,24)/p-1/b9-6+. The van der Waals surface area contributed by atoms with E-state index in [0.717, 1.165) is 12.1 Å². The molecular formula is C18H12F3O4-. The van der Waals surface area contributed by atoms with Gasteiger partial charge in [-0.25, -0.2) is 0 Å². The quantitative estimate of drug-likeness (QED) is 0.594. The average molecular weight is 349 g/mol. The van der Waals surface area contributed by atoms with Gasteiger partial charge in [0.15, 0.2) is 5.78 Å². The molecule has 0 aromatic heterocycles. The molecule has 0 N–H and O–H groups in total. The molecule has 0 amide bonds. The number of carboxylic acid groups (broad SMARTS) is 1. The van der Waals surface area contributed by atoms with Crippen molar-refractivity contribution in [3.8, 4) is 5.75 Å². The molecule has 0 aliphatic heterocycles. The molecule has 0 atom stereocenters. The van der Waals surface area contributed by atoms with Gasteiger partial charge in [-0.2, -0.15) is 13.2 Å². The van der Waals surface area contributed by atoms with Crippen molar-refractivity contribution in [1.82, 2.24) is 0 Å². The van der Waals surface area contributed by atoms with Crippen LogP contribution in [0.15, 0.2) is 54.6 Å². The van der Waals surface area contributed by atoms with Gasteiger partial charge < -0.3 is 14.6 Å². The molecule has 25 heavy (non-hydrogen) atoms. The van der Waals surface area contributed by atoms with Crippen molar-refractivity contribution in [1.29, 1.82) is 0 Å². The minimum absolute atomic E-state index is 0.193. The second-order valence-electron chi connectivity index (χ2n) is 5.01. The second kappa shape index (κ2) is 7.65. The highest BCUT2D eigenvalue weighted by Crippen LogP contribution is 2.29. The minimum atomic E-state index is -4.41. The Labute approximate surface area is 141 Å². The van der Waals surface area contributed by atoms with E-state index in [2.05, 4.69) is 0 Å². The highest BCUT2D eigenvalue weighted by atomic mass is 19.4. The predicted octanol–water partition coefficient (Wildman–Crippen LogP) is 2.73. The van der Waals surface area contributed by atoms with Crippen molar-refractivity contribution in [3.63, 3.8) is 0 Å². The Morgan fingerprint density at radius 2 is 1.76 bits per heavy atom. The zero-order valence-corrected chi connectivity index (χ0v) is 12.7. The van der Waals surface area contributed by atoms with Gasteiger partial charge in [-0.05, 0) is 35.9 Å². The van der Waals surface area contributed by atoms with Gasteiger partial charge in [0.2, 0.25) is 0 Å². The smallest absolute Gasteiger partial charge is 0.416 e. The van der Waals surface area contributed by atoms with Gasteiger partial charge in [-0.3, -0.25) is 4.79 Å². The van der Waals surface area contributed by atoms with Gasteiger partial charge in [-0.15, -0.1) is 0 Å². The lowest BCUT2D eigenvalue weighted by Crippen LogP contribution is -2.28. The molecule has 0 saturated heterocycles. The van der Waals surface area contributed by atoms with Crippen LogP contribution in [0.5, 0.6) is 5.75 Å². The fourth-order valence-corrected chi connectivity index (χ4v) is 1.93. The molecule has 2 aromatic rings. The number of ether oxygens (including phenoxy) is 1. The van der Waals surface area contributed by atoms with Gasteiger partial charge in [0, 0.05) is 5.56 Å². The van der Waals surface area contributed by atoms with Crippen LogP contribution in [0.25, 0.3) is 6.08 Å². The number of alkyl halides is 3. The number of aliphatic carboxylic acids is 1. The van der Waals surface area contributed by atoms with Crippen LogP contribution in [-0.4, -0.2) is 18.4 Å². The number of carbonyl (C=O) groups is 2. The van der Waals surface area contributed by atoms with Crippen molar-refractivity contribution in [2.24, 2.45) is 0 Å². The predicted molar refractivity (Wildman–Crippen MR) is 81.8 cm³/mol. The highest BCUT2D eigenvalue weighted by molar-refractivity contribution is 6.07. The SMILES string of the molecule is O=C([O-])COc1cccc(C(=O)/C=C/c2ccc(C(F)(F)F)cc2)c1. The lowest BCUT2D eigenvalue weighted by molar-refractivity contribution is -0.307. The average Bonchev–Trinajstić information content (AvgIpc) is 2.57. The summed E-state index contributed by atoms with van der Waals surface area (Å²) < 4.78 is 42.4. The first-order chi connectivity index (χ1) is 11.8. The molecule has 0 spiro atoms. The molecule has 0 unspecified atom stereocenters. The van der Waals surface area contributed by atoms with E-state index in [1.54, 1.807) is 0 Å². The first kappa shape index (κ1) is 18.3. The van der Waals surface area contributed by atoms with Gasteiger partial charge in [0.05, 0.1) is 11.5 Å². The Balaban J connectivity index is 2.07. The van der Waals surface area contributed by atoms with Crippen LogP contribution in [0.4, 0.5) is 13.2 Å². The zero-order valence-electron chi connectivity index (χ0n) is 12.7. The van der Waals surface area contributed by atoms with E-state index in [1.807, 2.05) is 0 Å². The largest absolute Gasteiger partial charge is 0.546 e. The molecule has 0 bridgehead atoms. The molecule has 7 heteroatoms. The minimum Gasteiger partial charge on any atom is -0.546 e. The van der Waals surface area contributed by atoms with Crippen molar-refractivity contribution < 1.29 is 32.6 Å². The Bertz CT molecular complexity index is 793. The maximum Gasteiger partial charge on any atom is 0.416 e. The molecule has 0 aliphatic rings. The Morgan fingerprint density at radius 3 is 2.36 bits per heavy atom. The molecule has 2 rings (SSSR count). The highest BCUT2D eigenvalue weighted by Gasteiger charge is 2.29. The number of benzene rings is 2. The third-order valence-corrected chi connectivity index (χ3v) is 3.14. The molecule has 0 saturated carbocycles. The Kier molecular flexibility index (Phi) is 5.59. The summed E-state index contributed by atoms with van der Waals surface area (Å²) in [6.45, 7) is -0.640. The summed E-state index contributed by atoms with van der Waals surface area (Å²) in [4.78, 5) is 22.4. The maximum absolute atomic E-state index is 12.5. The summed E-state index contributed by atoms with van der Waals surface area (Å²) in [6.07, 6.45) is -1.82. The van der Waals surface area contributed by atoms with E-state index in [4.69, 9.17) is 4.74 Å². The molecule has 2 aromatic carbocycles. The van der Waals surface area contributed by atoms with E-state index in [1.165, 1.54) is 48.6 Å². The normalized spacial score (nSPS) is 11.5. The van der Waals surface area contributed by atoms with E-state index < -0.39 is 30.1 Å². The van der Waals surface area contributed by atoms with Gasteiger partial charge in [0.25, 0.3) is 0 Å². The Hall–Kier alpha value is -3.09. The number of rotatable bonds is 6. The summed E-state index contributed by atoms with van der Waals surface area (Å²) in [5.41, 5.74) is -0.0848. The van der Waals surface area contributed by atoms with Crippen molar-refractivity contribution >= 4 is 17.8 Å². The van der Waals surface area contributed by atoms with Crippen LogP contribution in [0.3, 0.4) is 0 Å². The second-order valence-corrected chi connectivity index (χ2v) is 5.01. The van der Waals surface area contributed by atoms with Gasteiger partial charge in [-0.1, -0.05) is 30.3 Å². The molecule has 4 nitrogen and oxygen atoms in total. The number of carboxylic acids is 1. The molecule has 0 fully saturated rings. The maximum atomic E-state index is 12.5. The fourth-order valence-electron chi connectivity index (χ4n) is 1.93. The monoisotopic (exact) mass is 349 g/mol. The first-order valence-corrected chi connectivity index (χ1v) is 7.08. The number of allylic oxidation sites excluding steroid dienone is 1. The molecule has 130 valence electrons. The summed E-state index contributed by atoms with van der Waals surface area (Å²) >= 11 is 0. The van der Waals surface area contributed by atoms with Crippen molar-refractivity contribution in [2.45, 2.75) is 6.18 Å². The van der Waals surface area contributed by atoms with Crippen molar-refractivity contribution in [2.75, 3.05) is 6.61 Å². The number of hydrogen-bond donors (Lipinski definition) is 0. The first-order valence-electron chi connectivity index (χ1n) is 7.08. The molecule has 0 radical (unpaired) electrons. The molecule has 0 aliphatic carbocycles. The summed E-state index contributed by atoms with van der Waals surface area (Å²) in [5.74, 6) is -1.60. The lowest BCUT2D eigenvalue weighted by Gasteiger charge is -2.07. The van der Waals surface area contributed by atoms with E-state index in [-0.39, 0.29) is 11.3 Å². The van der Waals surface area contributed by atoms with Gasteiger partial charge in [0.1, 0.15) is 12.4 Å². The number of carbonyl (C=O) groups excluding carboxylic acids is 2. The van der Waals surface area contributed by atoms with E-state index in [9.17, 15) is 27.9 Å². The molecule has 0 heterocycles. The van der Waals surface area contributed by atoms with Crippen LogP contribution in [-0.2, 0) is 11.0 Å². The van der Waals surface area contributed by atoms with Crippen LogP contribution in [0, 0.1) is 0 Å².